The second-order valence-electron chi connectivity index (χ2n) is 6.49. The molecule has 3 heterocycles. The molecule has 0 aliphatic carbocycles. The van der Waals surface area contributed by atoms with Crippen molar-refractivity contribution in [2.75, 3.05) is 38.8 Å². The number of anilines is 1. The van der Waals surface area contributed by atoms with E-state index in [1.807, 2.05) is 12.1 Å². The minimum absolute atomic E-state index is 0.0437. The molecule has 27 heavy (non-hydrogen) atoms. The minimum Gasteiger partial charge on any atom is -0.375 e. The monoisotopic (exact) mass is 370 g/mol. The van der Waals surface area contributed by atoms with Gasteiger partial charge in [-0.05, 0) is 24.3 Å². The van der Waals surface area contributed by atoms with E-state index >= 15 is 0 Å². The number of hydrogen-bond acceptors (Lipinski definition) is 6. The topological polar surface area (TPSA) is 75.9 Å². The van der Waals surface area contributed by atoms with E-state index in [0.717, 1.165) is 5.82 Å². The maximum Gasteiger partial charge on any atom is 0.248 e. The number of carbonyl (C=O) groups excluding carboxylic acids is 1. The molecule has 3 aromatic rings. The molecule has 2 aromatic heterocycles. The maximum atomic E-state index is 13.5. The molecule has 0 radical (unpaired) electrons. The molecule has 8 nitrogen and oxygen atoms in total. The Hall–Kier alpha value is -3.07. The van der Waals surface area contributed by atoms with Crippen molar-refractivity contribution in [1.82, 2.24) is 24.7 Å². The first-order chi connectivity index (χ1) is 13.1. The van der Waals surface area contributed by atoms with Crippen LogP contribution in [0.2, 0.25) is 0 Å². The quantitative estimate of drug-likeness (QED) is 0.672. The standard InChI is InChI=1S/C18H19FN6O2/c1-23(17(26)11-27-2)14-9-24(10-14)16-7-6-15-20-21-18(25(15)22-16)12-4-3-5-13(19)8-12/h3-8,14H,9-11H2,1-2H3. The Morgan fingerprint density at radius 3 is 2.85 bits per heavy atom. The number of hydrogen-bond donors (Lipinski definition) is 0. The highest BCUT2D eigenvalue weighted by Gasteiger charge is 2.33. The normalized spacial score (nSPS) is 14.4. The van der Waals surface area contributed by atoms with Crippen LogP contribution in [0.3, 0.4) is 0 Å². The van der Waals surface area contributed by atoms with Gasteiger partial charge in [-0.25, -0.2) is 4.39 Å². The first-order valence-electron chi connectivity index (χ1n) is 8.55. The molecule has 0 bridgehead atoms. The molecular weight excluding hydrogens is 351 g/mol. The average molecular weight is 370 g/mol. The van der Waals surface area contributed by atoms with E-state index in [-0.39, 0.29) is 24.4 Å². The van der Waals surface area contributed by atoms with Crippen LogP contribution in [0.15, 0.2) is 36.4 Å². The minimum atomic E-state index is -0.338. The third-order valence-electron chi connectivity index (χ3n) is 4.73. The number of ether oxygens (including phenoxy) is 1. The van der Waals surface area contributed by atoms with Crippen LogP contribution in [0, 0.1) is 5.82 Å². The molecule has 140 valence electrons. The van der Waals surface area contributed by atoms with Gasteiger partial charge in [-0.1, -0.05) is 12.1 Å². The van der Waals surface area contributed by atoms with Gasteiger partial charge in [0.25, 0.3) is 0 Å². The zero-order chi connectivity index (χ0) is 19.0. The highest BCUT2D eigenvalue weighted by Crippen LogP contribution is 2.24. The van der Waals surface area contributed by atoms with E-state index in [9.17, 15) is 9.18 Å². The second-order valence-corrected chi connectivity index (χ2v) is 6.49. The molecule has 1 aliphatic heterocycles. The van der Waals surface area contributed by atoms with E-state index in [2.05, 4.69) is 20.2 Å². The van der Waals surface area contributed by atoms with Gasteiger partial charge in [0.15, 0.2) is 11.5 Å². The predicted molar refractivity (Wildman–Crippen MR) is 96.8 cm³/mol. The van der Waals surface area contributed by atoms with Gasteiger partial charge in [0.1, 0.15) is 18.2 Å². The van der Waals surface area contributed by atoms with Gasteiger partial charge < -0.3 is 14.5 Å². The van der Waals surface area contributed by atoms with Crippen molar-refractivity contribution in [2.45, 2.75) is 6.04 Å². The Balaban J connectivity index is 1.55. The molecule has 0 unspecified atom stereocenters. The van der Waals surface area contributed by atoms with Crippen molar-refractivity contribution >= 4 is 17.4 Å². The van der Waals surface area contributed by atoms with Gasteiger partial charge >= 0.3 is 0 Å². The Bertz CT molecular complexity index is 985. The summed E-state index contributed by atoms with van der Waals surface area (Å²) in [6.45, 7) is 1.44. The lowest BCUT2D eigenvalue weighted by Gasteiger charge is -2.44. The molecule has 1 amide bonds. The molecule has 9 heteroatoms. The number of halogens is 1. The van der Waals surface area contributed by atoms with Crippen molar-refractivity contribution < 1.29 is 13.9 Å². The molecular formula is C18H19FN6O2. The molecule has 1 aromatic carbocycles. The smallest absolute Gasteiger partial charge is 0.248 e. The molecule has 1 saturated heterocycles. The molecule has 0 spiro atoms. The van der Waals surface area contributed by atoms with Crippen LogP contribution in [0.1, 0.15) is 0 Å². The zero-order valence-electron chi connectivity index (χ0n) is 15.0. The lowest BCUT2D eigenvalue weighted by Crippen LogP contribution is -2.60. The number of methoxy groups -OCH3 is 1. The van der Waals surface area contributed by atoms with Gasteiger partial charge in [0.2, 0.25) is 5.91 Å². The van der Waals surface area contributed by atoms with Gasteiger partial charge in [-0.2, -0.15) is 4.52 Å². The largest absolute Gasteiger partial charge is 0.375 e. The fraction of sp³-hybridized carbons (Fsp3) is 0.333. The molecule has 4 rings (SSSR count). The first-order valence-corrected chi connectivity index (χ1v) is 8.55. The number of amides is 1. The summed E-state index contributed by atoms with van der Waals surface area (Å²) in [5.74, 6) is 0.854. The van der Waals surface area contributed by atoms with Gasteiger partial charge in [0.05, 0.1) is 6.04 Å². The van der Waals surface area contributed by atoms with Crippen molar-refractivity contribution in [3.05, 3.63) is 42.2 Å². The lowest BCUT2D eigenvalue weighted by atomic mass is 10.1. The van der Waals surface area contributed by atoms with Gasteiger partial charge in [-0.15, -0.1) is 15.3 Å². The highest BCUT2D eigenvalue weighted by atomic mass is 19.1. The number of carbonyl (C=O) groups is 1. The summed E-state index contributed by atoms with van der Waals surface area (Å²) in [6.07, 6.45) is 0. The highest BCUT2D eigenvalue weighted by molar-refractivity contribution is 5.78. The molecule has 0 N–H and O–H groups in total. The zero-order valence-corrected chi connectivity index (χ0v) is 15.0. The molecule has 0 atom stereocenters. The summed E-state index contributed by atoms with van der Waals surface area (Å²) < 4.78 is 20.0. The summed E-state index contributed by atoms with van der Waals surface area (Å²) in [4.78, 5) is 15.7. The predicted octanol–water partition coefficient (Wildman–Crippen LogP) is 1.22. The van der Waals surface area contributed by atoms with Crippen LogP contribution in [0.5, 0.6) is 0 Å². The first kappa shape index (κ1) is 17.3. The molecule has 1 aliphatic rings. The molecule has 0 saturated carbocycles. The summed E-state index contributed by atoms with van der Waals surface area (Å²) in [6, 6.07) is 9.99. The fourth-order valence-electron chi connectivity index (χ4n) is 3.07. The van der Waals surface area contributed by atoms with Crippen molar-refractivity contribution in [3.8, 4) is 11.4 Å². The fourth-order valence-corrected chi connectivity index (χ4v) is 3.07. The van der Waals surface area contributed by atoms with Crippen LogP contribution in [0.4, 0.5) is 10.2 Å². The third-order valence-corrected chi connectivity index (χ3v) is 4.73. The number of aromatic nitrogens is 4. The number of fused-ring (bicyclic) bond motifs is 1. The Morgan fingerprint density at radius 1 is 1.30 bits per heavy atom. The Labute approximate surface area is 155 Å². The van der Waals surface area contributed by atoms with E-state index in [1.165, 1.54) is 19.2 Å². The summed E-state index contributed by atoms with van der Waals surface area (Å²) in [7, 11) is 3.29. The van der Waals surface area contributed by atoms with Crippen LogP contribution in [-0.4, -0.2) is 70.5 Å². The van der Waals surface area contributed by atoms with E-state index < -0.39 is 0 Å². The SMILES string of the molecule is COCC(=O)N(C)C1CN(c2ccc3nnc(-c4cccc(F)c4)n3n2)C1. The summed E-state index contributed by atoms with van der Waals surface area (Å²) in [5, 5.41) is 12.8. The number of nitrogens with zero attached hydrogens (tertiary/aromatic N) is 6. The van der Waals surface area contributed by atoms with Crippen LogP contribution < -0.4 is 4.90 Å². The number of likely N-dealkylation sites (N-methyl/N-ethyl adjacent to an activating group) is 1. The van der Waals surface area contributed by atoms with Gasteiger partial charge in [0, 0.05) is 32.8 Å². The average Bonchev–Trinajstić information content (AvgIpc) is 3.04. The summed E-state index contributed by atoms with van der Waals surface area (Å²) in [5.41, 5.74) is 1.20. The van der Waals surface area contributed by atoms with Crippen LogP contribution >= 0.6 is 0 Å². The van der Waals surface area contributed by atoms with E-state index in [0.29, 0.717) is 30.1 Å². The van der Waals surface area contributed by atoms with Crippen molar-refractivity contribution in [1.29, 1.82) is 0 Å². The Morgan fingerprint density at radius 2 is 2.11 bits per heavy atom. The number of rotatable bonds is 5. The maximum absolute atomic E-state index is 13.5. The summed E-state index contributed by atoms with van der Waals surface area (Å²) >= 11 is 0. The van der Waals surface area contributed by atoms with Crippen LogP contribution in [-0.2, 0) is 9.53 Å². The van der Waals surface area contributed by atoms with Crippen LogP contribution in [0.25, 0.3) is 17.0 Å². The third kappa shape index (κ3) is 3.21. The van der Waals surface area contributed by atoms with E-state index in [4.69, 9.17) is 4.74 Å². The second kappa shape index (κ2) is 6.92. The van der Waals surface area contributed by atoms with Crippen molar-refractivity contribution in [2.24, 2.45) is 0 Å². The van der Waals surface area contributed by atoms with Gasteiger partial charge in [-0.3, -0.25) is 4.79 Å². The Kier molecular flexibility index (Phi) is 4.44. The van der Waals surface area contributed by atoms with E-state index in [1.54, 1.807) is 28.6 Å². The lowest BCUT2D eigenvalue weighted by molar-refractivity contribution is -0.136. The van der Waals surface area contributed by atoms with Crippen molar-refractivity contribution in [3.63, 3.8) is 0 Å². The molecule has 1 fully saturated rings. The number of benzene rings is 1.